The zero-order valence-corrected chi connectivity index (χ0v) is 14.0. The third-order valence-corrected chi connectivity index (χ3v) is 4.30. The molecule has 2 N–H and O–H groups in total. The first-order valence-electron chi connectivity index (χ1n) is 5.91. The monoisotopic (exact) mass is 426 g/mol. The minimum Gasteiger partial charge on any atom is -0.478 e. The second kappa shape index (κ2) is 6.41. The largest absolute Gasteiger partial charge is 0.478 e. The van der Waals surface area contributed by atoms with Gasteiger partial charge >= 0.3 is 11.9 Å². The maximum absolute atomic E-state index is 12.4. The first kappa shape index (κ1) is 16.4. The molecule has 0 bridgehead atoms. The summed E-state index contributed by atoms with van der Waals surface area (Å²) in [7, 11) is 0. The molecule has 112 valence electrons. The van der Waals surface area contributed by atoms with Crippen LogP contribution in [0.15, 0.2) is 45.3 Å². The topological polar surface area (TPSA) is 91.7 Å². The highest BCUT2D eigenvalue weighted by molar-refractivity contribution is 9.10. The van der Waals surface area contributed by atoms with Crippen molar-refractivity contribution in [3.05, 3.63) is 67.6 Å². The number of benzene rings is 2. The highest BCUT2D eigenvalue weighted by atomic mass is 79.9. The molecule has 0 atom stereocenters. The van der Waals surface area contributed by atoms with Gasteiger partial charge in [0.2, 0.25) is 0 Å². The molecule has 22 heavy (non-hydrogen) atoms. The molecule has 0 fully saturated rings. The van der Waals surface area contributed by atoms with Crippen molar-refractivity contribution in [2.45, 2.75) is 0 Å². The number of carboxylic acids is 2. The predicted octanol–water partition coefficient (Wildman–Crippen LogP) is 3.84. The molecule has 2 aromatic rings. The van der Waals surface area contributed by atoms with E-state index in [1.807, 2.05) is 0 Å². The third kappa shape index (κ3) is 3.26. The Hall–Kier alpha value is -1.99. The summed E-state index contributed by atoms with van der Waals surface area (Å²) in [6, 6.07) is 8.37. The Labute approximate surface area is 141 Å². The zero-order valence-electron chi connectivity index (χ0n) is 10.8. The fraction of sp³-hybridized carbons (Fsp3) is 0. The van der Waals surface area contributed by atoms with E-state index in [-0.39, 0.29) is 22.3 Å². The lowest BCUT2D eigenvalue weighted by molar-refractivity contribution is 0.0685. The number of carbonyl (C=O) groups is 3. The van der Waals surface area contributed by atoms with E-state index in [2.05, 4.69) is 31.9 Å². The molecule has 0 saturated carbocycles. The molecule has 0 aromatic heterocycles. The van der Waals surface area contributed by atoms with Crippen LogP contribution in [-0.2, 0) is 0 Å². The number of rotatable bonds is 4. The van der Waals surface area contributed by atoms with Crippen molar-refractivity contribution in [1.29, 1.82) is 0 Å². The molecule has 0 amide bonds. The molecule has 0 aliphatic rings. The maximum atomic E-state index is 12.4. The normalized spacial score (nSPS) is 10.3. The van der Waals surface area contributed by atoms with E-state index >= 15 is 0 Å². The Kier molecular flexibility index (Phi) is 4.77. The van der Waals surface area contributed by atoms with E-state index in [0.29, 0.717) is 8.95 Å². The van der Waals surface area contributed by atoms with Gasteiger partial charge < -0.3 is 10.2 Å². The van der Waals surface area contributed by atoms with Gasteiger partial charge in [0.25, 0.3) is 0 Å². The predicted molar refractivity (Wildman–Crippen MR) is 85.6 cm³/mol. The number of halogens is 2. The molecule has 0 aliphatic carbocycles. The fourth-order valence-electron chi connectivity index (χ4n) is 1.83. The summed E-state index contributed by atoms with van der Waals surface area (Å²) in [5.41, 5.74) is 0.251. The minimum absolute atomic E-state index is 0.0404. The van der Waals surface area contributed by atoms with Gasteiger partial charge in [0.15, 0.2) is 5.78 Å². The summed E-state index contributed by atoms with van der Waals surface area (Å²) in [5.74, 6) is -2.78. The lowest BCUT2D eigenvalue weighted by atomic mass is 10.00. The van der Waals surface area contributed by atoms with Crippen molar-refractivity contribution in [1.82, 2.24) is 0 Å². The summed E-state index contributed by atoms with van der Waals surface area (Å²) >= 11 is 6.20. The maximum Gasteiger partial charge on any atom is 0.336 e. The standard InChI is InChI=1S/C15H8Br2O5/c16-11-3-1-7(5-9(11)14(19)20)13(18)8-2-4-12(17)10(6-8)15(21)22/h1-6H,(H,19,20)(H,21,22). The van der Waals surface area contributed by atoms with Gasteiger partial charge in [-0.3, -0.25) is 4.79 Å². The number of aromatic carboxylic acids is 2. The summed E-state index contributed by atoms with van der Waals surface area (Å²) in [6.45, 7) is 0. The lowest BCUT2D eigenvalue weighted by Crippen LogP contribution is -2.07. The van der Waals surface area contributed by atoms with Gasteiger partial charge in [0, 0.05) is 20.1 Å². The van der Waals surface area contributed by atoms with Crippen LogP contribution in [0.1, 0.15) is 36.6 Å². The molecule has 0 saturated heterocycles. The Balaban J connectivity index is 2.49. The number of hydrogen-bond acceptors (Lipinski definition) is 3. The van der Waals surface area contributed by atoms with Crippen molar-refractivity contribution in [3.63, 3.8) is 0 Å². The highest BCUT2D eigenvalue weighted by Crippen LogP contribution is 2.23. The zero-order chi connectivity index (χ0) is 16.4. The molecule has 0 aliphatic heterocycles. The van der Waals surface area contributed by atoms with Crippen LogP contribution in [0.5, 0.6) is 0 Å². The number of hydrogen-bond donors (Lipinski definition) is 2. The summed E-state index contributed by atoms with van der Waals surface area (Å²) in [6.07, 6.45) is 0. The van der Waals surface area contributed by atoms with Crippen LogP contribution in [-0.4, -0.2) is 27.9 Å². The highest BCUT2D eigenvalue weighted by Gasteiger charge is 2.17. The van der Waals surface area contributed by atoms with Gasteiger partial charge in [-0.1, -0.05) is 0 Å². The molecule has 2 aromatic carbocycles. The van der Waals surface area contributed by atoms with E-state index in [9.17, 15) is 14.4 Å². The van der Waals surface area contributed by atoms with Crippen LogP contribution in [0.3, 0.4) is 0 Å². The van der Waals surface area contributed by atoms with Gasteiger partial charge in [-0.05, 0) is 68.3 Å². The van der Waals surface area contributed by atoms with Crippen molar-refractivity contribution < 1.29 is 24.6 Å². The van der Waals surface area contributed by atoms with Crippen molar-refractivity contribution >= 4 is 49.6 Å². The van der Waals surface area contributed by atoms with Crippen molar-refractivity contribution in [2.75, 3.05) is 0 Å². The molecule has 2 rings (SSSR count). The molecule has 7 heteroatoms. The molecule has 0 unspecified atom stereocenters. The first-order valence-corrected chi connectivity index (χ1v) is 7.50. The third-order valence-electron chi connectivity index (χ3n) is 2.92. The molecular formula is C15H8Br2O5. The van der Waals surface area contributed by atoms with Crippen LogP contribution in [0.25, 0.3) is 0 Å². The Bertz CT molecular complexity index is 733. The quantitative estimate of drug-likeness (QED) is 0.723. The van der Waals surface area contributed by atoms with E-state index < -0.39 is 17.7 Å². The van der Waals surface area contributed by atoms with Crippen LogP contribution >= 0.6 is 31.9 Å². The van der Waals surface area contributed by atoms with Gasteiger partial charge in [-0.15, -0.1) is 0 Å². The molecule has 0 heterocycles. The van der Waals surface area contributed by atoms with E-state index in [4.69, 9.17) is 10.2 Å². The van der Waals surface area contributed by atoms with Crippen LogP contribution in [0.2, 0.25) is 0 Å². The van der Waals surface area contributed by atoms with Crippen LogP contribution in [0.4, 0.5) is 0 Å². The van der Waals surface area contributed by atoms with Crippen LogP contribution < -0.4 is 0 Å². The van der Waals surface area contributed by atoms with Crippen molar-refractivity contribution in [2.24, 2.45) is 0 Å². The van der Waals surface area contributed by atoms with E-state index in [1.54, 1.807) is 0 Å². The first-order chi connectivity index (χ1) is 10.3. The molecular weight excluding hydrogens is 420 g/mol. The summed E-state index contributed by atoms with van der Waals surface area (Å²) in [4.78, 5) is 34.6. The van der Waals surface area contributed by atoms with Gasteiger partial charge in [-0.2, -0.15) is 0 Å². The van der Waals surface area contributed by atoms with Crippen LogP contribution in [0, 0.1) is 0 Å². The molecule has 0 spiro atoms. The molecule has 0 radical (unpaired) electrons. The average Bonchev–Trinajstić information content (AvgIpc) is 2.47. The Morgan fingerprint density at radius 2 is 1.09 bits per heavy atom. The molecule has 5 nitrogen and oxygen atoms in total. The fourth-order valence-corrected chi connectivity index (χ4v) is 2.66. The second-order valence-electron chi connectivity index (χ2n) is 4.33. The van der Waals surface area contributed by atoms with Crippen molar-refractivity contribution in [3.8, 4) is 0 Å². The summed E-state index contributed by atoms with van der Waals surface area (Å²) in [5, 5.41) is 18.1. The van der Waals surface area contributed by atoms with E-state index in [1.165, 1.54) is 36.4 Å². The average molecular weight is 428 g/mol. The number of carbonyl (C=O) groups excluding carboxylic acids is 1. The smallest absolute Gasteiger partial charge is 0.336 e. The number of carboxylic acid groups (broad SMARTS) is 2. The Morgan fingerprint density at radius 3 is 1.41 bits per heavy atom. The van der Waals surface area contributed by atoms with Gasteiger partial charge in [0.1, 0.15) is 0 Å². The lowest BCUT2D eigenvalue weighted by Gasteiger charge is -2.06. The summed E-state index contributed by atoms with van der Waals surface area (Å²) < 4.78 is 0.720. The number of ketones is 1. The minimum atomic E-state index is -1.16. The van der Waals surface area contributed by atoms with Gasteiger partial charge in [-0.25, -0.2) is 9.59 Å². The van der Waals surface area contributed by atoms with E-state index in [0.717, 1.165) is 0 Å². The van der Waals surface area contributed by atoms with Gasteiger partial charge in [0.05, 0.1) is 11.1 Å². The second-order valence-corrected chi connectivity index (χ2v) is 6.04. The SMILES string of the molecule is O=C(c1ccc(Br)c(C(=O)O)c1)c1ccc(Br)c(C(=O)O)c1. The Morgan fingerprint density at radius 1 is 0.727 bits per heavy atom.